The number of benzene rings is 6. The Morgan fingerprint density at radius 3 is 1.04 bits per heavy atom. The summed E-state index contributed by atoms with van der Waals surface area (Å²) < 4.78 is 11.8. The Kier molecular flexibility index (Phi) is 10.4. The van der Waals surface area contributed by atoms with Gasteiger partial charge >= 0.3 is 0 Å². The molecular weight excluding hydrogens is 596 g/mol. The summed E-state index contributed by atoms with van der Waals surface area (Å²) in [5.74, 6) is 1.59. The van der Waals surface area contributed by atoms with Gasteiger partial charge in [-0.15, -0.1) is 0 Å². The summed E-state index contributed by atoms with van der Waals surface area (Å²) in [6, 6.07) is 46.6. The van der Waals surface area contributed by atoms with Gasteiger partial charge in [-0.2, -0.15) is 30.7 Å². The lowest BCUT2D eigenvalue weighted by Crippen LogP contribution is -1.95. The minimum absolute atomic E-state index is 0.519. The number of hydrogen-bond acceptors (Lipinski definition) is 8. The van der Waals surface area contributed by atoms with Crippen LogP contribution in [0.3, 0.4) is 0 Å². The molecule has 0 saturated carbocycles. The maximum atomic E-state index is 5.91. The molecule has 6 rings (SSSR count). The van der Waals surface area contributed by atoms with Crippen LogP contribution in [0.15, 0.2) is 176 Å². The van der Waals surface area contributed by atoms with Crippen molar-refractivity contribution in [2.75, 3.05) is 0 Å². The van der Waals surface area contributed by atoms with Gasteiger partial charge in [0, 0.05) is 0 Å². The molecule has 0 heterocycles. The van der Waals surface area contributed by atoms with Crippen molar-refractivity contribution in [3.8, 4) is 11.5 Å². The molecule has 0 N–H and O–H groups in total. The number of ether oxygens (including phenoxy) is 2. The molecule has 0 saturated heterocycles. The molecule has 0 aliphatic carbocycles. The predicted molar refractivity (Wildman–Crippen MR) is 189 cm³/mol. The molecule has 0 aromatic heterocycles. The van der Waals surface area contributed by atoms with Crippen molar-refractivity contribution in [2.24, 2.45) is 30.7 Å². The fourth-order valence-electron chi connectivity index (χ4n) is 4.65. The molecule has 0 spiro atoms. The van der Waals surface area contributed by atoms with Gasteiger partial charge in [-0.25, -0.2) is 0 Å². The van der Waals surface area contributed by atoms with Crippen LogP contribution in [0.5, 0.6) is 11.5 Å². The molecular formula is C40H34N6O2. The Bertz CT molecular complexity index is 1880. The lowest BCUT2D eigenvalue weighted by molar-refractivity contribution is 0.306. The number of rotatable bonds is 12. The molecule has 6 aromatic carbocycles. The van der Waals surface area contributed by atoms with Gasteiger partial charge in [0.1, 0.15) is 24.7 Å². The Morgan fingerprint density at radius 1 is 0.375 bits per heavy atom. The Morgan fingerprint density at radius 2 is 0.708 bits per heavy atom. The molecule has 6 aromatic rings. The van der Waals surface area contributed by atoms with Gasteiger partial charge in [0.05, 0.1) is 34.1 Å². The van der Waals surface area contributed by atoms with Crippen LogP contribution in [0.1, 0.15) is 22.3 Å². The van der Waals surface area contributed by atoms with Crippen LogP contribution >= 0.6 is 0 Å². The van der Waals surface area contributed by atoms with Gasteiger partial charge in [0.25, 0.3) is 0 Å². The third kappa shape index (κ3) is 9.14. The highest BCUT2D eigenvalue weighted by molar-refractivity contribution is 5.53. The Labute approximate surface area is 280 Å². The third-order valence-electron chi connectivity index (χ3n) is 7.36. The largest absolute Gasteiger partial charge is 0.489 e. The average Bonchev–Trinajstić information content (AvgIpc) is 3.13. The standard InChI is InChI=1S/C40H34N6O2/c1-29-25-37(47-27-31-9-5-3-6-10-31)21-23-39(29)45-43-35-17-13-33(14-18-35)41-42-34-15-19-36(20-16-34)44-46-40-24-22-38(26-30(40)2)48-28-32-11-7-4-8-12-32/h3-26H,27-28H2,1-2H3/b42-41+,45-43+,46-44+. The first kappa shape index (κ1) is 31.7. The highest BCUT2D eigenvalue weighted by Crippen LogP contribution is 2.29. The zero-order valence-corrected chi connectivity index (χ0v) is 26.8. The van der Waals surface area contributed by atoms with Crippen LogP contribution in [-0.2, 0) is 13.2 Å². The van der Waals surface area contributed by atoms with Crippen molar-refractivity contribution in [1.82, 2.24) is 0 Å². The van der Waals surface area contributed by atoms with Gasteiger partial charge in [-0.3, -0.25) is 0 Å². The second-order valence-corrected chi connectivity index (χ2v) is 11.1. The number of nitrogens with zero attached hydrogens (tertiary/aromatic N) is 6. The molecule has 0 amide bonds. The van der Waals surface area contributed by atoms with Gasteiger partial charge < -0.3 is 9.47 Å². The van der Waals surface area contributed by atoms with Gasteiger partial charge in [-0.05, 0) is 121 Å². The zero-order valence-electron chi connectivity index (χ0n) is 26.8. The van der Waals surface area contributed by atoms with E-state index in [1.165, 1.54) is 0 Å². The van der Waals surface area contributed by atoms with Crippen molar-refractivity contribution in [1.29, 1.82) is 0 Å². The second kappa shape index (κ2) is 15.8. The minimum Gasteiger partial charge on any atom is -0.489 e. The predicted octanol–water partition coefficient (Wildman–Crippen LogP) is 12.7. The summed E-state index contributed by atoms with van der Waals surface area (Å²) in [5, 5.41) is 26.3. The van der Waals surface area contributed by atoms with E-state index in [4.69, 9.17) is 9.47 Å². The fraction of sp³-hybridized carbons (Fsp3) is 0.100. The van der Waals surface area contributed by atoms with Crippen molar-refractivity contribution >= 4 is 34.1 Å². The first-order valence-corrected chi connectivity index (χ1v) is 15.6. The molecule has 0 bridgehead atoms. The van der Waals surface area contributed by atoms with Gasteiger partial charge in [0.2, 0.25) is 0 Å². The molecule has 0 fully saturated rings. The van der Waals surface area contributed by atoms with Crippen LogP contribution < -0.4 is 9.47 Å². The lowest BCUT2D eigenvalue weighted by Gasteiger charge is -2.08. The third-order valence-corrected chi connectivity index (χ3v) is 7.36. The smallest absolute Gasteiger partial charge is 0.120 e. The molecule has 236 valence electrons. The summed E-state index contributed by atoms with van der Waals surface area (Å²) in [4.78, 5) is 0. The summed E-state index contributed by atoms with van der Waals surface area (Å²) in [6.07, 6.45) is 0. The van der Waals surface area contributed by atoms with E-state index in [-0.39, 0.29) is 0 Å². The van der Waals surface area contributed by atoms with E-state index in [1.54, 1.807) is 0 Å². The number of azo groups is 3. The normalized spacial score (nSPS) is 11.5. The quantitative estimate of drug-likeness (QED) is 0.126. The number of aryl methyl sites for hydroxylation is 2. The highest BCUT2D eigenvalue weighted by atomic mass is 16.5. The fourth-order valence-corrected chi connectivity index (χ4v) is 4.65. The van der Waals surface area contributed by atoms with Crippen molar-refractivity contribution in [2.45, 2.75) is 27.1 Å². The summed E-state index contributed by atoms with van der Waals surface area (Å²) in [6.45, 7) is 5.02. The van der Waals surface area contributed by atoms with Crippen LogP contribution in [0.2, 0.25) is 0 Å². The van der Waals surface area contributed by atoms with Crippen LogP contribution in [0, 0.1) is 13.8 Å². The van der Waals surface area contributed by atoms with Gasteiger partial charge in [-0.1, -0.05) is 60.7 Å². The Balaban J connectivity index is 0.992. The lowest BCUT2D eigenvalue weighted by atomic mass is 10.2. The maximum Gasteiger partial charge on any atom is 0.120 e. The summed E-state index contributed by atoms with van der Waals surface area (Å²) >= 11 is 0. The second-order valence-electron chi connectivity index (χ2n) is 11.1. The van der Waals surface area contributed by atoms with Crippen molar-refractivity contribution in [3.05, 3.63) is 168 Å². The van der Waals surface area contributed by atoms with E-state index < -0.39 is 0 Å². The monoisotopic (exact) mass is 630 g/mol. The zero-order chi connectivity index (χ0) is 33.0. The molecule has 8 heteroatoms. The van der Waals surface area contributed by atoms with Crippen LogP contribution in [0.4, 0.5) is 34.1 Å². The first-order chi connectivity index (χ1) is 23.6. The summed E-state index contributed by atoms with van der Waals surface area (Å²) in [5.41, 5.74) is 8.63. The van der Waals surface area contributed by atoms with E-state index in [2.05, 4.69) is 30.7 Å². The maximum absolute atomic E-state index is 5.91. The van der Waals surface area contributed by atoms with Crippen molar-refractivity contribution in [3.63, 3.8) is 0 Å². The van der Waals surface area contributed by atoms with Crippen LogP contribution in [0.25, 0.3) is 0 Å². The SMILES string of the molecule is Cc1cc(OCc2ccccc2)ccc1/N=N/c1ccc(/N=N/c2ccc(/N=N/c3ccc(OCc4ccccc4)cc3C)cc2)cc1. The number of hydrogen-bond donors (Lipinski definition) is 0. The van der Waals surface area contributed by atoms with Crippen LogP contribution in [-0.4, -0.2) is 0 Å². The highest BCUT2D eigenvalue weighted by Gasteiger charge is 2.03. The van der Waals surface area contributed by atoms with E-state index >= 15 is 0 Å². The molecule has 0 unspecified atom stereocenters. The van der Waals surface area contributed by atoms with E-state index in [9.17, 15) is 0 Å². The molecule has 0 aliphatic rings. The molecule has 48 heavy (non-hydrogen) atoms. The molecule has 0 atom stereocenters. The van der Waals surface area contributed by atoms with Crippen molar-refractivity contribution < 1.29 is 9.47 Å². The molecule has 0 radical (unpaired) electrons. The summed E-state index contributed by atoms with van der Waals surface area (Å²) in [7, 11) is 0. The van der Waals surface area contributed by atoms with E-state index in [0.29, 0.717) is 24.6 Å². The van der Waals surface area contributed by atoms with Gasteiger partial charge in [0.15, 0.2) is 0 Å². The van der Waals surface area contributed by atoms with E-state index in [0.717, 1.165) is 56.5 Å². The topological polar surface area (TPSA) is 92.6 Å². The van der Waals surface area contributed by atoms with E-state index in [1.807, 2.05) is 159 Å². The first-order valence-electron chi connectivity index (χ1n) is 15.6. The molecule has 8 nitrogen and oxygen atoms in total. The molecule has 0 aliphatic heterocycles. The average molecular weight is 631 g/mol. The minimum atomic E-state index is 0.519. The Hall–Kier alpha value is -6.28.